The normalized spacial score (nSPS) is 28.1. The van der Waals surface area contributed by atoms with Gasteiger partial charge in [0, 0.05) is 13.1 Å². The summed E-state index contributed by atoms with van der Waals surface area (Å²) in [5.41, 5.74) is 0. The molecule has 0 unspecified atom stereocenters. The van der Waals surface area contributed by atoms with E-state index in [0.29, 0.717) is 13.1 Å². The van der Waals surface area contributed by atoms with Gasteiger partial charge in [0.05, 0.1) is 7.11 Å². The number of esters is 1. The first kappa shape index (κ1) is 9.94. The number of carbonyl (C=O) groups excluding carboxylic acids is 1. The summed E-state index contributed by atoms with van der Waals surface area (Å²) in [6, 6.07) is -1.70. The molecule has 1 saturated heterocycles. The van der Waals surface area contributed by atoms with Gasteiger partial charge < -0.3 is 20.5 Å². The van der Waals surface area contributed by atoms with Gasteiger partial charge in [-0.3, -0.25) is 9.59 Å². The van der Waals surface area contributed by atoms with E-state index in [1.165, 1.54) is 7.11 Å². The highest BCUT2D eigenvalue weighted by Crippen LogP contribution is 2.00. The summed E-state index contributed by atoms with van der Waals surface area (Å²) in [5, 5.41) is 14.2. The van der Waals surface area contributed by atoms with E-state index in [2.05, 4.69) is 15.4 Å². The lowest BCUT2D eigenvalue weighted by atomic mass is 10.1. The van der Waals surface area contributed by atoms with E-state index in [1.54, 1.807) is 0 Å². The zero-order chi connectivity index (χ0) is 9.84. The summed E-state index contributed by atoms with van der Waals surface area (Å²) in [7, 11) is 1.23. The Kier molecular flexibility index (Phi) is 3.21. The van der Waals surface area contributed by atoms with Crippen LogP contribution in [0.2, 0.25) is 0 Å². The summed E-state index contributed by atoms with van der Waals surface area (Å²) in [6.07, 6.45) is 0. The molecule has 74 valence electrons. The van der Waals surface area contributed by atoms with Gasteiger partial charge in [-0.2, -0.15) is 0 Å². The Morgan fingerprint density at radius 1 is 1.31 bits per heavy atom. The number of piperazine rings is 1. The molecular formula is C7H12N2O4. The lowest BCUT2D eigenvalue weighted by Gasteiger charge is -2.28. The lowest BCUT2D eigenvalue weighted by molar-refractivity contribution is -0.151. The molecule has 0 spiro atoms. The van der Waals surface area contributed by atoms with Gasteiger partial charge in [0.25, 0.3) is 0 Å². The number of ether oxygens (including phenoxy) is 1. The standard InChI is InChI=1S/C7H12N2O4/c1-13-7(12)5-4(6(10)11)8-2-3-9-5/h4-5,8-9H,2-3H2,1H3,(H,10,11)/t4-,5-/m0/s1. The molecular weight excluding hydrogens is 176 g/mol. The smallest absolute Gasteiger partial charge is 0.325 e. The van der Waals surface area contributed by atoms with Crippen LogP contribution >= 0.6 is 0 Å². The van der Waals surface area contributed by atoms with Crippen LogP contribution in [0.3, 0.4) is 0 Å². The van der Waals surface area contributed by atoms with Crippen molar-refractivity contribution in [2.45, 2.75) is 12.1 Å². The highest BCUT2D eigenvalue weighted by molar-refractivity contribution is 5.86. The maximum absolute atomic E-state index is 11.1. The van der Waals surface area contributed by atoms with Gasteiger partial charge >= 0.3 is 11.9 Å². The molecule has 13 heavy (non-hydrogen) atoms. The molecule has 1 heterocycles. The van der Waals surface area contributed by atoms with Crippen molar-refractivity contribution in [3.05, 3.63) is 0 Å². The fourth-order valence-electron chi connectivity index (χ4n) is 1.27. The first-order valence-electron chi connectivity index (χ1n) is 3.94. The topological polar surface area (TPSA) is 87.7 Å². The van der Waals surface area contributed by atoms with E-state index in [0.717, 1.165) is 0 Å². The highest BCUT2D eigenvalue weighted by atomic mass is 16.5. The first-order valence-corrected chi connectivity index (χ1v) is 3.94. The minimum absolute atomic E-state index is 0.532. The second-order valence-electron chi connectivity index (χ2n) is 2.72. The monoisotopic (exact) mass is 188 g/mol. The third-order valence-electron chi connectivity index (χ3n) is 1.91. The van der Waals surface area contributed by atoms with Crippen molar-refractivity contribution in [2.75, 3.05) is 20.2 Å². The van der Waals surface area contributed by atoms with Crippen LogP contribution in [0, 0.1) is 0 Å². The largest absolute Gasteiger partial charge is 0.480 e. The van der Waals surface area contributed by atoms with E-state index in [1.807, 2.05) is 0 Å². The number of aliphatic carboxylic acids is 1. The van der Waals surface area contributed by atoms with Gasteiger partial charge in [-0.15, -0.1) is 0 Å². The maximum atomic E-state index is 11.1. The Morgan fingerprint density at radius 2 is 1.85 bits per heavy atom. The van der Waals surface area contributed by atoms with Crippen molar-refractivity contribution in [3.63, 3.8) is 0 Å². The van der Waals surface area contributed by atoms with E-state index < -0.39 is 24.0 Å². The Hall–Kier alpha value is -1.14. The van der Waals surface area contributed by atoms with Gasteiger partial charge in [0.15, 0.2) is 0 Å². The number of carbonyl (C=O) groups is 2. The maximum Gasteiger partial charge on any atom is 0.325 e. The molecule has 0 aromatic rings. The van der Waals surface area contributed by atoms with Crippen molar-refractivity contribution in [2.24, 2.45) is 0 Å². The molecule has 0 aliphatic carbocycles. The fourth-order valence-corrected chi connectivity index (χ4v) is 1.27. The number of hydrogen-bond acceptors (Lipinski definition) is 5. The summed E-state index contributed by atoms with van der Waals surface area (Å²) >= 11 is 0. The Labute approximate surface area is 75.3 Å². The zero-order valence-electron chi connectivity index (χ0n) is 7.24. The molecule has 0 amide bonds. The van der Waals surface area contributed by atoms with E-state index in [-0.39, 0.29) is 0 Å². The SMILES string of the molecule is COC(=O)[C@H]1NCCN[C@@H]1C(=O)O. The zero-order valence-corrected chi connectivity index (χ0v) is 7.24. The van der Waals surface area contributed by atoms with Crippen LogP contribution in [-0.2, 0) is 14.3 Å². The molecule has 6 heteroatoms. The average Bonchev–Trinajstić information content (AvgIpc) is 2.16. The fraction of sp³-hybridized carbons (Fsp3) is 0.714. The molecule has 0 bridgehead atoms. The summed E-state index contributed by atoms with van der Waals surface area (Å²) < 4.78 is 4.47. The third kappa shape index (κ3) is 2.16. The van der Waals surface area contributed by atoms with Crippen LogP contribution in [0.1, 0.15) is 0 Å². The summed E-state index contributed by atoms with van der Waals surface area (Å²) in [4.78, 5) is 21.8. The van der Waals surface area contributed by atoms with Crippen molar-refractivity contribution < 1.29 is 19.4 Å². The second-order valence-corrected chi connectivity index (χ2v) is 2.72. The van der Waals surface area contributed by atoms with Crippen LogP contribution in [0.25, 0.3) is 0 Å². The quantitative estimate of drug-likeness (QED) is 0.442. The van der Waals surface area contributed by atoms with E-state index in [9.17, 15) is 9.59 Å². The lowest BCUT2D eigenvalue weighted by Crippen LogP contribution is -2.62. The number of rotatable bonds is 2. The van der Waals surface area contributed by atoms with Crippen LogP contribution in [0.5, 0.6) is 0 Å². The predicted molar refractivity (Wildman–Crippen MR) is 43.2 cm³/mol. The van der Waals surface area contributed by atoms with E-state index in [4.69, 9.17) is 5.11 Å². The minimum Gasteiger partial charge on any atom is -0.480 e. The van der Waals surface area contributed by atoms with Gasteiger partial charge in [0.1, 0.15) is 12.1 Å². The summed E-state index contributed by atoms with van der Waals surface area (Å²) in [5.74, 6) is -1.61. The summed E-state index contributed by atoms with van der Waals surface area (Å²) in [6.45, 7) is 1.09. The minimum atomic E-state index is -1.05. The van der Waals surface area contributed by atoms with Crippen molar-refractivity contribution in [1.82, 2.24) is 10.6 Å². The number of carboxylic acid groups (broad SMARTS) is 1. The number of nitrogens with one attached hydrogen (secondary N) is 2. The van der Waals surface area contributed by atoms with Crippen LogP contribution in [0.15, 0.2) is 0 Å². The van der Waals surface area contributed by atoms with Crippen molar-refractivity contribution >= 4 is 11.9 Å². The second kappa shape index (κ2) is 4.20. The molecule has 6 nitrogen and oxygen atoms in total. The van der Waals surface area contributed by atoms with Gasteiger partial charge in [0.2, 0.25) is 0 Å². The molecule has 2 atom stereocenters. The predicted octanol–water partition coefficient (Wildman–Crippen LogP) is -1.83. The molecule has 1 aliphatic rings. The van der Waals surface area contributed by atoms with E-state index >= 15 is 0 Å². The third-order valence-corrected chi connectivity index (χ3v) is 1.91. The number of hydrogen-bond donors (Lipinski definition) is 3. The average molecular weight is 188 g/mol. The van der Waals surface area contributed by atoms with Crippen LogP contribution < -0.4 is 10.6 Å². The highest BCUT2D eigenvalue weighted by Gasteiger charge is 2.36. The first-order chi connectivity index (χ1) is 6.16. The van der Waals surface area contributed by atoms with Crippen LogP contribution in [0.4, 0.5) is 0 Å². The van der Waals surface area contributed by atoms with Crippen molar-refractivity contribution in [1.29, 1.82) is 0 Å². The molecule has 0 aromatic carbocycles. The molecule has 1 fully saturated rings. The molecule has 3 N–H and O–H groups in total. The Morgan fingerprint density at radius 3 is 2.31 bits per heavy atom. The van der Waals surface area contributed by atoms with Gasteiger partial charge in [-0.1, -0.05) is 0 Å². The molecule has 1 aliphatic heterocycles. The Bertz CT molecular complexity index is 219. The molecule has 0 saturated carbocycles. The number of carboxylic acids is 1. The molecule has 0 radical (unpaired) electrons. The van der Waals surface area contributed by atoms with Crippen LogP contribution in [-0.4, -0.2) is 49.3 Å². The van der Waals surface area contributed by atoms with Gasteiger partial charge in [-0.25, -0.2) is 0 Å². The molecule has 1 rings (SSSR count). The van der Waals surface area contributed by atoms with Gasteiger partial charge in [-0.05, 0) is 0 Å². The number of methoxy groups -OCH3 is 1. The van der Waals surface area contributed by atoms with Crippen molar-refractivity contribution in [3.8, 4) is 0 Å². The molecule has 0 aromatic heterocycles. The Balaban J connectivity index is 2.67.